The van der Waals surface area contributed by atoms with E-state index in [0.29, 0.717) is 0 Å². The minimum absolute atomic E-state index is 0. The minimum atomic E-state index is 0. The van der Waals surface area contributed by atoms with E-state index >= 15 is 0 Å². The molecular formula is C69H70IrN7Pt. The average molecular weight is 1380 g/mol. The van der Waals surface area contributed by atoms with Crippen molar-refractivity contribution in [3.05, 3.63) is 266 Å². The van der Waals surface area contributed by atoms with Gasteiger partial charge < -0.3 is 25.6 Å². The van der Waals surface area contributed by atoms with E-state index in [1.807, 2.05) is 127 Å². The minimum Gasteiger partial charge on any atom is -0.675 e. The van der Waals surface area contributed by atoms with Gasteiger partial charge in [-0.2, -0.15) is 0 Å². The average Bonchev–Trinajstić information content (AvgIpc) is 4.22. The molecule has 78 heavy (non-hydrogen) atoms. The van der Waals surface area contributed by atoms with Crippen molar-refractivity contribution in [3.63, 3.8) is 0 Å². The van der Waals surface area contributed by atoms with E-state index < -0.39 is 0 Å². The molecule has 0 radical (unpaired) electrons. The molecule has 3 aromatic carbocycles. The van der Waals surface area contributed by atoms with Gasteiger partial charge in [0, 0.05) is 18.6 Å². The maximum absolute atomic E-state index is 5.34. The second-order valence-corrected chi connectivity index (χ2v) is 18.5. The van der Waals surface area contributed by atoms with Crippen LogP contribution in [-0.4, -0.2) is 38.5 Å². The molecule has 0 N–H and O–H groups in total. The number of aromatic nitrogens is 3. The third kappa shape index (κ3) is 14.5. The molecule has 0 saturated carbocycles. The summed E-state index contributed by atoms with van der Waals surface area (Å²) in [6, 6.07) is 50.5. The number of benzene rings is 3. The second-order valence-electron chi connectivity index (χ2n) is 18.5. The molecule has 11 rings (SSSR count). The van der Waals surface area contributed by atoms with E-state index in [1.165, 1.54) is 44.6 Å². The summed E-state index contributed by atoms with van der Waals surface area (Å²) >= 11 is 0. The molecule has 0 aliphatic carbocycles. The summed E-state index contributed by atoms with van der Waals surface area (Å²) in [6.45, 7) is 18.1. The van der Waals surface area contributed by atoms with Gasteiger partial charge in [0.1, 0.15) is 0 Å². The first-order chi connectivity index (χ1) is 37.4. The molecule has 5 aliphatic rings. The molecule has 3 aromatic heterocycles. The summed E-state index contributed by atoms with van der Waals surface area (Å²) in [5.41, 5.74) is 23.6. The largest absolute Gasteiger partial charge is 3.00 e. The van der Waals surface area contributed by atoms with Crippen LogP contribution in [0.1, 0.15) is 107 Å². The van der Waals surface area contributed by atoms with Crippen molar-refractivity contribution < 1.29 is 41.2 Å². The van der Waals surface area contributed by atoms with Gasteiger partial charge in [-0.1, -0.05) is 150 Å². The zero-order chi connectivity index (χ0) is 53.2. The number of aliphatic imine (C=N–C) groups is 2. The Kier molecular flexibility index (Phi) is 23.6. The molecule has 9 heteroatoms. The zero-order valence-electron chi connectivity index (χ0n) is 46.3. The molecule has 6 aromatic rings. The van der Waals surface area contributed by atoms with Gasteiger partial charge in [-0.3, -0.25) is 0 Å². The topological polar surface area (TPSA) is 91.6 Å². The van der Waals surface area contributed by atoms with Crippen molar-refractivity contribution >= 4 is 11.4 Å². The first-order valence-corrected chi connectivity index (χ1v) is 27.4. The molecule has 0 fully saturated rings. The fourth-order valence-corrected chi connectivity index (χ4v) is 10.5. The summed E-state index contributed by atoms with van der Waals surface area (Å²) in [4.78, 5) is 23.2. The predicted octanol–water partition coefficient (Wildman–Crippen LogP) is 18.1. The predicted molar refractivity (Wildman–Crippen MR) is 317 cm³/mol. The van der Waals surface area contributed by atoms with Gasteiger partial charge in [-0.15, -0.1) is 119 Å². The van der Waals surface area contributed by atoms with E-state index in [2.05, 4.69) is 113 Å². The Hall–Kier alpha value is -6.69. The van der Waals surface area contributed by atoms with Crippen molar-refractivity contribution in [2.75, 3.05) is 0 Å². The van der Waals surface area contributed by atoms with E-state index in [-0.39, 0.29) is 53.3 Å². The van der Waals surface area contributed by atoms with Gasteiger partial charge in [0.25, 0.3) is 0 Å². The van der Waals surface area contributed by atoms with Gasteiger partial charge in [0.05, 0.1) is 22.8 Å². The monoisotopic (exact) mass is 1380 g/mol. The SMILES string of the molecule is CCC1=C(CC)C2=NC1=CC1[N-]C(=CC3=NC(=CC4[N-]C(=C2)C(CC)=C4CC)C(CC)=C3CC)C(CC)=C1CC.[Ir+3].[Pt+2].[c-]1ccccc1-c1ccccn1.[c-]1ccccc1-c1ccccn1.[c-]1ccccc1-c1ccccn1. The van der Waals surface area contributed by atoms with Gasteiger partial charge in [-0.05, 0) is 109 Å². The number of fused-ring (bicyclic) bond motifs is 6. The maximum Gasteiger partial charge on any atom is 3.00 e. The summed E-state index contributed by atoms with van der Waals surface area (Å²) in [5.74, 6) is 0. The second kappa shape index (κ2) is 30.5. The van der Waals surface area contributed by atoms with Gasteiger partial charge >= 0.3 is 41.2 Å². The molecule has 0 amide bonds. The number of pyridine rings is 3. The molecule has 0 saturated heterocycles. The zero-order valence-corrected chi connectivity index (χ0v) is 50.9. The molecule has 400 valence electrons. The molecule has 5 aliphatic heterocycles. The Morgan fingerprint density at radius 1 is 0.385 bits per heavy atom. The Morgan fingerprint density at radius 3 is 0.962 bits per heavy atom. The standard InChI is InChI=1S/C36H46N4.3C11H8N.Ir.Pt/c1-9-21-22(10-2)30-18-32-25(13-5)26(14-6)34(39-32)20-36-28(16-8)27(15-7)35(40-36)19-33-24(12-4)23(11-3)31(38-33)17-29(21)37-30;3*1-2-6-10(7-3-1)11-8-4-5-9-12-11;;/h17-20,29,36H,9-16H2,1-8H3;3*1-6,8-9H;;/q-2;3*-1;+3;+2. The molecule has 2 unspecified atom stereocenters. The molecule has 0 spiro atoms. The number of rotatable bonds is 11. The van der Waals surface area contributed by atoms with Crippen LogP contribution in [0.15, 0.2) is 248 Å². The number of hydrogen-bond acceptors (Lipinski definition) is 5. The molecule has 8 heterocycles. The van der Waals surface area contributed by atoms with Gasteiger partial charge in [-0.25, -0.2) is 9.98 Å². The third-order valence-electron chi connectivity index (χ3n) is 14.1. The van der Waals surface area contributed by atoms with Crippen molar-refractivity contribution in [3.8, 4) is 33.8 Å². The van der Waals surface area contributed by atoms with E-state index in [0.717, 1.165) is 119 Å². The summed E-state index contributed by atoms with van der Waals surface area (Å²) in [5, 5.41) is 10.7. The number of hydrogen-bond donors (Lipinski definition) is 0. The van der Waals surface area contributed by atoms with Crippen LogP contribution in [0.25, 0.3) is 44.4 Å². The Morgan fingerprint density at radius 2 is 0.705 bits per heavy atom. The van der Waals surface area contributed by atoms with Crippen LogP contribution in [-0.2, 0) is 41.2 Å². The van der Waals surface area contributed by atoms with E-state index in [1.54, 1.807) is 18.6 Å². The van der Waals surface area contributed by atoms with Crippen LogP contribution in [0.3, 0.4) is 0 Å². The first-order valence-electron chi connectivity index (χ1n) is 27.4. The van der Waals surface area contributed by atoms with Crippen LogP contribution in [0.5, 0.6) is 0 Å². The van der Waals surface area contributed by atoms with Crippen LogP contribution in [0.4, 0.5) is 0 Å². The van der Waals surface area contributed by atoms with E-state index in [9.17, 15) is 0 Å². The first kappa shape index (κ1) is 60.5. The van der Waals surface area contributed by atoms with Crippen molar-refractivity contribution in [1.82, 2.24) is 15.0 Å². The Bertz CT molecular complexity index is 2840. The maximum atomic E-state index is 5.34. The Labute approximate surface area is 493 Å². The van der Waals surface area contributed by atoms with Crippen LogP contribution in [0.2, 0.25) is 0 Å². The number of nitrogens with zero attached hydrogens (tertiary/aromatic N) is 7. The summed E-state index contributed by atoms with van der Waals surface area (Å²) in [7, 11) is 0. The fourth-order valence-electron chi connectivity index (χ4n) is 10.5. The molecular weight excluding hydrogens is 1310 g/mol. The summed E-state index contributed by atoms with van der Waals surface area (Å²) in [6.07, 6.45) is 22.4. The molecule has 7 nitrogen and oxygen atoms in total. The van der Waals surface area contributed by atoms with Crippen molar-refractivity contribution in [2.45, 2.75) is 119 Å². The normalized spacial score (nSPS) is 16.9. The van der Waals surface area contributed by atoms with E-state index in [4.69, 9.17) is 20.6 Å². The molecule has 8 bridgehead atoms. The third-order valence-corrected chi connectivity index (χ3v) is 14.1. The number of allylic oxidation sites excluding steroid dienone is 8. The van der Waals surface area contributed by atoms with Crippen molar-refractivity contribution in [2.24, 2.45) is 9.98 Å². The quantitative estimate of drug-likeness (QED) is 0.121. The van der Waals surface area contributed by atoms with Crippen LogP contribution < -0.4 is 0 Å². The van der Waals surface area contributed by atoms with Gasteiger partial charge in [0.15, 0.2) is 0 Å². The molecule has 2 atom stereocenters. The summed E-state index contributed by atoms with van der Waals surface area (Å²) < 4.78 is 0. The van der Waals surface area contributed by atoms with Gasteiger partial charge in [0.2, 0.25) is 0 Å². The Balaban J connectivity index is 0.000000207. The van der Waals surface area contributed by atoms with Crippen LogP contribution in [0, 0.1) is 18.2 Å². The fraction of sp³-hybridized carbons (Fsp3) is 0.261. The van der Waals surface area contributed by atoms with Crippen LogP contribution >= 0.6 is 0 Å². The van der Waals surface area contributed by atoms with Crippen molar-refractivity contribution in [1.29, 1.82) is 0 Å². The smallest absolute Gasteiger partial charge is 0.675 e.